The average molecular weight is 473 g/mol. The quantitative estimate of drug-likeness (QED) is 0.461. The van der Waals surface area contributed by atoms with Gasteiger partial charge in [-0.2, -0.15) is 11.8 Å². The zero-order valence-electron chi connectivity index (χ0n) is 18.6. The molecule has 1 aliphatic carbocycles. The Balaban J connectivity index is 1.62. The van der Waals surface area contributed by atoms with Gasteiger partial charge in [-0.15, -0.1) is 0 Å². The third-order valence-electron chi connectivity index (χ3n) is 5.51. The minimum Gasteiger partial charge on any atom is -0.480 e. The molecule has 0 saturated carbocycles. The molecule has 3 rings (SSSR count). The molecule has 1 aliphatic rings. The molecule has 0 fully saturated rings. The van der Waals surface area contributed by atoms with E-state index in [0.29, 0.717) is 5.75 Å². The van der Waals surface area contributed by atoms with Gasteiger partial charge in [-0.1, -0.05) is 48.5 Å². The summed E-state index contributed by atoms with van der Waals surface area (Å²) in [7, 11) is 1.39. The van der Waals surface area contributed by atoms with Gasteiger partial charge in [0.1, 0.15) is 18.7 Å². The van der Waals surface area contributed by atoms with Gasteiger partial charge in [0.2, 0.25) is 5.91 Å². The molecule has 3 N–H and O–H groups in total. The van der Waals surface area contributed by atoms with Crippen molar-refractivity contribution < 1.29 is 29.0 Å². The van der Waals surface area contributed by atoms with Crippen molar-refractivity contribution in [2.75, 3.05) is 32.3 Å². The van der Waals surface area contributed by atoms with Crippen LogP contribution in [0.3, 0.4) is 0 Å². The van der Waals surface area contributed by atoms with Crippen molar-refractivity contribution in [3.63, 3.8) is 0 Å². The van der Waals surface area contributed by atoms with E-state index < -0.39 is 30.1 Å². The Hall–Kier alpha value is -3.04. The van der Waals surface area contributed by atoms with Gasteiger partial charge >= 0.3 is 12.1 Å². The zero-order valence-corrected chi connectivity index (χ0v) is 19.4. The summed E-state index contributed by atoms with van der Waals surface area (Å²) in [5.41, 5.74) is 4.39. The lowest BCUT2D eigenvalue weighted by atomic mass is 9.98. The number of methoxy groups -OCH3 is 1. The predicted octanol–water partition coefficient (Wildman–Crippen LogP) is 2.86. The van der Waals surface area contributed by atoms with Crippen LogP contribution in [0.25, 0.3) is 11.1 Å². The number of amides is 2. The van der Waals surface area contributed by atoms with Crippen LogP contribution >= 0.6 is 11.8 Å². The Morgan fingerprint density at radius 1 is 1.00 bits per heavy atom. The first-order chi connectivity index (χ1) is 16.0. The second-order valence-corrected chi connectivity index (χ2v) is 8.64. The molecule has 0 spiro atoms. The van der Waals surface area contributed by atoms with Gasteiger partial charge in [-0.3, -0.25) is 4.79 Å². The van der Waals surface area contributed by atoms with Gasteiger partial charge in [-0.05, 0) is 40.7 Å². The molecule has 0 aromatic heterocycles. The van der Waals surface area contributed by atoms with E-state index in [1.807, 2.05) is 54.8 Å². The van der Waals surface area contributed by atoms with E-state index in [2.05, 4.69) is 10.6 Å². The highest BCUT2D eigenvalue weighted by atomic mass is 32.2. The number of fused-ring (bicyclic) bond motifs is 3. The van der Waals surface area contributed by atoms with E-state index in [0.717, 1.165) is 22.3 Å². The van der Waals surface area contributed by atoms with Gasteiger partial charge in [0.25, 0.3) is 0 Å². The van der Waals surface area contributed by atoms with Crippen LogP contribution in [0.1, 0.15) is 23.5 Å². The number of benzene rings is 2. The van der Waals surface area contributed by atoms with Gasteiger partial charge in [0.05, 0.1) is 6.61 Å². The minimum absolute atomic E-state index is 0.104. The van der Waals surface area contributed by atoms with E-state index in [9.17, 15) is 19.5 Å². The van der Waals surface area contributed by atoms with Gasteiger partial charge < -0.3 is 25.2 Å². The Kier molecular flexibility index (Phi) is 8.73. The summed E-state index contributed by atoms with van der Waals surface area (Å²) in [6.45, 7) is -0.0163. The van der Waals surface area contributed by atoms with Crippen molar-refractivity contribution in [2.24, 2.45) is 0 Å². The van der Waals surface area contributed by atoms with Gasteiger partial charge in [-0.25, -0.2) is 9.59 Å². The summed E-state index contributed by atoms with van der Waals surface area (Å²) >= 11 is 1.48. The number of carboxylic acids is 1. The van der Waals surface area contributed by atoms with Crippen LogP contribution in [0.5, 0.6) is 0 Å². The average Bonchev–Trinajstić information content (AvgIpc) is 3.13. The SMILES string of the molecule is COCC(NC(=O)OCC1c2ccccc2-c2ccccc21)C(=O)N[C@H](CCSC)C(=O)O. The Morgan fingerprint density at radius 3 is 2.15 bits per heavy atom. The molecule has 2 amide bonds. The number of hydrogen-bond acceptors (Lipinski definition) is 6. The van der Waals surface area contributed by atoms with E-state index in [-0.39, 0.29) is 25.6 Å². The van der Waals surface area contributed by atoms with Gasteiger partial charge in [0, 0.05) is 13.0 Å². The standard InChI is InChI=1S/C24H28N2O6S/c1-31-14-21(22(27)25-20(23(28)29)11-12-33-2)26-24(30)32-13-19-17-9-5-3-7-15(17)16-8-4-6-10-18(16)19/h3-10,19-21H,11-14H2,1-2H3,(H,25,27)(H,26,30)(H,28,29)/t20-,21?/m1/s1. The highest BCUT2D eigenvalue weighted by molar-refractivity contribution is 7.98. The first-order valence-electron chi connectivity index (χ1n) is 10.6. The molecule has 0 heterocycles. The second kappa shape index (κ2) is 11.7. The van der Waals surface area contributed by atoms with Gasteiger partial charge in [0.15, 0.2) is 0 Å². The summed E-state index contributed by atoms with van der Waals surface area (Å²) in [5.74, 6) is -1.30. The molecule has 0 radical (unpaired) electrons. The molecular weight excluding hydrogens is 444 g/mol. The Labute approximate surface area is 197 Å². The lowest BCUT2D eigenvalue weighted by molar-refractivity contribution is -0.142. The number of nitrogens with one attached hydrogen (secondary N) is 2. The molecule has 2 atom stereocenters. The monoisotopic (exact) mass is 472 g/mol. The van der Waals surface area contributed by atoms with E-state index >= 15 is 0 Å². The molecule has 176 valence electrons. The fourth-order valence-electron chi connectivity index (χ4n) is 3.90. The topological polar surface area (TPSA) is 114 Å². The summed E-state index contributed by atoms with van der Waals surface area (Å²) in [5, 5.41) is 14.3. The molecular formula is C24H28N2O6S. The number of rotatable bonds is 11. The summed E-state index contributed by atoms with van der Waals surface area (Å²) in [4.78, 5) is 36.5. The number of carboxylic acid groups (broad SMARTS) is 1. The van der Waals surface area contributed by atoms with Crippen molar-refractivity contribution in [1.29, 1.82) is 0 Å². The maximum absolute atomic E-state index is 12.6. The highest BCUT2D eigenvalue weighted by Crippen LogP contribution is 2.44. The number of alkyl carbamates (subject to hydrolysis) is 1. The molecule has 2 aromatic carbocycles. The van der Waals surface area contributed by atoms with Crippen molar-refractivity contribution in [3.8, 4) is 11.1 Å². The first kappa shape index (κ1) is 24.6. The van der Waals surface area contributed by atoms with Crippen LogP contribution in [-0.2, 0) is 19.1 Å². The lowest BCUT2D eigenvalue weighted by Gasteiger charge is -2.21. The Bertz CT molecular complexity index is 953. The van der Waals surface area contributed by atoms with E-state index in [4.69, 9.17) is 9.47 Å². The predicted molar refractivity (Wildman–Crippen MR) is 126 cm³/mol. The zero-order chi connectivity index (χ0) is 23.8. The van der Waals surface area contributed by atoms with Crippen molar-refractivity contribution in [2.45, 2.75) is 24.4 Å². The molecule has 9 heteroatoms. The maximum atomic E-state index is 12.6. The number of aliphatic carboxylic acids is 1. The normalized spacial score (nSPS) is 14.0. The van der Waals surface area contributed by atoms with Crippen LogP contribution in [-0.4, -0.2) is 67.5 Å². The number of ether oxygens (including phenoxy) is 2. The smallest absolute Gasteiger partial charge is 0.407 e. The second-order valence-electron chi connectivity index (χ2n) is 7.66. The number of thioether (sulfide) groups is 1. The molecule has 0 bridgehead atoms. The molecule has 1 unspecified atom stereocenters. The highest BCUT2D eigenvalue weighted by Gasteiger charge is 2.30. The summed E-state index contributed by atoms with van der Waals surface area (Å²) in [6.07, 6.45) is 1.35. The molecule has 0 saturated heterocycles. The van der Waals surface area contributed by atoms with Crippen LogP contribution in [0, 0.1) is 0 Å². The number of carbonyl (C=O) groups is 3. The lowest BCUT2D eigenvalue weighted by Crippen LogP contribution is -2.53. The number of hydrogen-bond donors (Lipinski definition) is 3. The maximum Gasteiger partial charge on any atom is 0.407 e. The largest absolute Gasteiger partial charge is 0.480 e. The van der Waals surface area contributed by atoms with Crippen molar-refractivity contribution >= 4 is 29.7 Å². The van der Waals surface area contributed by atoms with Crippen LogP contribution < -0.4 is 10.6 Å². The Morgan fingerprint density at radius 2 is 1.61 bits per heavy atom. The molecule has 0 aliphatic heterocycles. The summed E-state index contributed by atoms with van der Waals surface area (Å²) in [6, 6.07) is 13.8. The molecule has 2 aromatic rings. The van der Waals surface area contributed by atoms with Crippen LogP contribution in [0.15, 0.2) is 48.5 Å². The third-order valence-corrected chi connectivity index (χ3v) is 6.15. The fraction of sp³-hybridized carbons (Fsp3) is 0.375. The first-order valence-corrected chi connectivity index (χ1v) is 12.0. The number of carbonyl (C=O) groups excluding carboxylic acids is 2. The minimum atomic E-state index is -1.13. The van der Waals surface area contributed by atoms with Crippen molar-refractivity contribution in [1.82, 2.24) is 10.6 Å². The fourth-order valence-corrected chi connectivity index (χ4v) is 4.37. The van der Waals surface area contributed by atoms with Crippen molar-refractivity contribution in [3.05, 3.63) is 59.7 Å². The summed E-state index contributed by atoms with van der Waals surface area (Å²) < 4.78 is 10.5. The van der Waals surface area contributed by atoms with E-state index in [1.54, 1.807) is 0 Å². The van der Waals surface area contributed by atoms with Crippen LogP contribution in [0.4, 0.5) is 4.79 Å². The third kappa shape index (κ3) is 6.06. The molecule has 33 heavy (non-hydrogen) atoms. The van der Waals surface area contributed by atoms with Crippen LogP contribution in [0.2, 0.25) is 0 Å². The molecule has 8 nitrogen and oxygen atoms in total. The van der Waals surface area contributed by atoms with E-state index in [1.165, 1.54) is 18.9 Å².